The Hall–Kier alpha value is -3.80. The third kappa shape index (κ3) is 2.77. The van der Waals surface area contributed by atoms with Gasteiger partial charge in [0.25, 0.3) is 0 Å². The molecule has 0 spiro atoms. The maximum absolute atomic E-state index is 11.2. The molecule has 0 aliphatic heterocycles. The maximum Gasteiger partial charge on any atom is 0.490 e. The van der Waals surface area contributed by atoms with Crippen LogP contribution < -0.4 is 0 Å². The molecule has 0 saturated carbocycles. The minimum atomic E-state index is -0.884. The molecule has 0 aliphatic rings. The van der Waals surface area contributed by atoms with Crippen LogP contribution in [-0.4, -0.2) is 19.7 Å². The highest BCUT2D eigenvalue weighted by Crippen LogP contribution is 2.40. The van der Waals surface area contributed by atoms with Crippen molar-refractivity contribution in [2.24, 2.45) is 0 Å². The molecular formula is C21H16N4O2. The second kappa shape index (κ2) is 6.84. The van der Waals surface area contributed by atoms with E-state index >= 15 is 0 Å². The summed E-state index contributed by atoms with van der Waals surface area (Å²) in [5.41, 5.74) is 1.91. The Morgan fingerprint density at radius 2 is 1.15 bits per heavy atom. The van der Waals surface area contributed by atoms with E-state index in [-0.39, 0.29) is 0 Å². The smallest absolute Gasteiger partial charge is 0.390 e. The largest absolute Gasteiger partial charge is 0.490 e. The highest BCUT2D eigenvalue weighted by Gasteiger charge is 2.42. The molecule has 0 bridgehead atoms. The van der Waals surface area contributed by atoms with Gasteiger partial charge in [-0.05, 0) is 21.6 Å². The van der Waals surface area contributed by atoms with E-state index in [1.807, 2.05) is 91.0 Å². The van der Waals surface area contributed by atoms with Crippen molar-refractivity contribution in [3.05, 3.63) is 124 Å². The molecule has 1 heterocycles. The quantitative estimate of drug-likeness (QED) is 0.307. The number of hydrogen-bond acceptors (Lipinski definition) is 4. The van der Waals surface area contributed by atoms with E-state index in [2.05, 4.69) is 10.1 Å². The summed E-state index contributed by atoms with van der Waals surface area (Å²) in [6.45, 7) is 0. The normalized spacial score (nSPS) is 11.3. The number of benzene rings is 3. The van der Waals surface area contributed by atoms with E-state index in [1.54, 1.807) is 4.68 Å². The maximum atomic E-state index is 11.2. The number of aromatic nitrogens is 3. The van der Waals surface area contributed by atoms with Crippen LogP contribution >= 0.6 is 0 Å². The molecule has 3 aromatic carbocycles. The minimum Gasteiger partial charge on any atom is -0.390 e. The van der Waals surface area contributed by atoms with Crippen LogP contribution in [0.5, 0.6) is 0 Å². The van der Waals surface area contributed by atoms with Crippen LogP contribution in [0.2, 0.25) is 0 Å². The van der Waals surface area contributed by atoms with Crippen molar-refractivity contribution in [2.75, 3.05) is 0 Å². The van der Waals surface area contributed by atoms with Gasteiger partial charge < -0.3 is 10.1 Å². The van der Waals surface area contributed by atoms with Crippen molar-refractivity contribution in [1.29, 1.82) is 0 Å². The van der Waals surface area contributed by atoms with E-state index in [0.717, 1.165) is 16.7 Å². The first kappa shape index (κ1) is 16.7. The molecule has 0 aliphatic carbocycles. The van der Waals surface area contributed by atoms with Gasteiger partial charge in [0, 0.05) is 5.10 Å². The third-order valence-corrected chi connectivity index (χ3v) is 4.56. The van der Waals surface area contributed by atoms with Gasteiger partial charge in [0.15, 0.2) is 5.54 Å². The van der Waals surface area contributed by atoms with Crippen LogP contribution in [-0.2, 0) is 5.54 Å². The molecule has 6 nitrogen and oxygen atoms in total. The average molecular weight is 356 g/mol. The molecule has 6 heteroatoms. The Morgan fingerprint density at radius 3 is 1.48 bits per heavy atom. The summed E-state index contributed by atoms with van der Waals surface area (Å²) in [7, 11) is 0. The Kier molecular flexibility index (Phi) is 4.22. The second-order valence-corrected chi connectivity index (χ2v) is 6.05. The molecule has 1 aromatic heterocycles. The highest BCUT2D eigenvalue weighted by atomic mass is 16.6. The topological polar surface area (TPSA) is 73.8 Å². The third-order valence-electron chi connectivity index (χ3n) is 4.56. The summed E-state index contributed by atoms with van der Waals surface area (Å²) in [4.78, 5) is 14.5. The molecule has 0 amide bonds. The summed E-state index contributed by atoms with van der Waals surface area (Å²) in [5.74, 6) is -0.429. The molecule has 0 unspecified atom stereocenters. The van der Waals surface area contributed by atoms with E-state index < -0.39 is 16.4 Å². The first-order chi connectivity index (χ1) is 13.2. The van der Waals surface area contributed by atoms with E-state index in [4.69, 9.17) is 0 Å². The molecular weight excluding hydrogens is 340 g/mol. The molecule has 4 aromatic rings. The lowest BCUT2D eigenvalue weighted by Crippen LogP contribution is -2.38. The first-order valence-electron chi connectivity index (χ1n) is 8.46. The van der Waals surface area contributed by atoms with Crippen molar-refractivity contribution in [3.63, 3.8) is 0 Å². The molecule has 0 fully saturated rings. The van der Waals surface area contributed by atoms with Crippen molar-refractivity contribution >= 4 is 5.95 Å². The Balaban J connectivity index is 2.10. The van der Waals surface area contributed by atoms with Crippen LogP contribution in [0.15, 0.2) is 97.3 Å². The number of rotatable bonds is 5. The fraction of sp³-hybridized carbons (Fsp3) is 0.0476. The summed E-state index contributed by atoms with van der Waals surface area (Å²) in [6, 6.07) is 29.5. The van der Waals surface area contributed by atoms with Gasteiger partial charge in [0.2, 0.25) is 6.33 Å². The fourth-order valence-corrected chi connectivity index (χ4v) is 3.43. The van der Waals surface area contributed by atoms with Crippen LogP contribution in [0.3, 0.4) is 0 Å². The highest BCUT2D eigenvalue weighted by molar-refractivity contribution is 5.50. The Labute approximate surface area is 155 Å². The van der Waals surface area contributed by atoms with Gasteiger partial charge in [0.1, 0.15) is 0 Å². The van der Waals surface area contributed by atoms with Gasteiger partial charge in [-0.3, -0.25) is 0 Å². The molecule has 132 valence electrons. The van der Waals surface area contributed by atoms with Gasteiger partial charge in [-0.2, -0.15) is 4.68 Å². The monoisotopic (exact) mass is 356 g/mol. The standard InChI is InChI=1S/C21H16N4O2/c26-25(27)20-22-16-24(23-20)21(17-10-4-1-5-11-17,18-12-6-2-7-13-18)19-14-8-3-9-15-19/h1-16H. The number of hydrogen-bond donors (Lipinski definition) is 0. The summed E-state index contributed by atoms with van der Waals surface area (Å²) in [6.07, 6.45) is 1.42. The van der Waals surface area contributed by atoms with Gasteiger partial charge >= 0.3 is 5.95 Å². The fourth-order valence-electron chi connectivity index (χ4n) is 3.43. The average Bonchev–Trinajstić information content (AvgIpc) is 3.22. The zero-order valence-corrected chi connectivity index (χ0v) is 14.3. The van der Waals surface area contributed by atoms with Gasteiger partial charge in [0.05, 0.1) is 0 Å². The molecule has 0 N–H and O–H groups in total. The first-order valence-corrected chi connectivity index (χ1v) is 8.46. The Morgan fingerprint density at radius 1 is 0.741 bits per heavy atom. The van der Waals surface area contributed by atoms with Gasteiger partial charge in [-0.1, -0.05) is 96.0 Å². The predicted molar refractivity (Wildman–Crippen MR) is 101 cm³/mol. The molecule has 27 heavy (non-hydrogen) atoms. The van der Waals surface area contributed by atoms with E-state index in [1.165, 1.54) is 6.33 Å². The summed E-state index contributed by atoms with van der Waals surface area (Å²) < 4.78 is 1.57. The van der Waals surface area contributed by atoms with Crippen LogP contribution in [0.25, 0.3) is 0 Å². The van der Waals surface area contributed by atoms with Gasteiger partial charge in [-0.25, -0.2) is 0 Å². The number of nitro groups is 1. The van der Waals surface area contributed by atoms with E-state index in [0.29, 0.717) is 0 Å². The summed E-state index contributed by atoms with van der Waals surface area (Å²) >= 11 is 0. The van der Waals surface area contributed by atoms with Crippen LogP contribution in [0, 0.1) is 10.1 Å². The molecule has 0 saturated heterocycles. The summed E-state index contributed by atoms with van der Waals surface area (Å²) in [5, 5.41) is 15.4. The van der Waals surface area contributed by atoms with Crippen molar-refractivity contribution < 1.29 is 4.92 Å². The second-order valence-electron chi connectivity index (χ2n) is 6.05. The van der Waals surface area contributed by atoms with Crippen LogP contribution in [0.1, 0.15) is 16.7 Å². The lowest BCUT2D eigenvalue weighted by atomic mass is 9.77. The SMILES string of the molecule is O=[N+]([O-])c1ncn(C(c2ccccc2)(c2ccccc2)c2ccccc2)n1. The zero-order chi connectivity index (χ0) is 18.7. The molecule has 0 atom stereocenters. The predicted octanol–water partition coefficient (Wildman–Crippen LogP) is 4.03. The molecule has 0 radical (unpaired) electrons. The van der Waals surface area contributed by atoms with E-state index in [9.17, 15) is 10.1 Å². The number of nitrogens with zero attached hydrogens (tertiary/aromatic N) is 4. The minimum absolute atomic E-state index is 0.429. The Bertz CT molecular complexity index is 951. The van der Waals surface area contributed by atoms with Crippen LogP contribution in [0.4, 0.5) is 5.95 Å². The van der Waals surface area contributed by atoms with Crippen molar-refractivity contribution in [3.8, 4) is 0 Å². The lowest BCUT2D eigenvalue weighted by molar-refractivity contribution is -0.394. The zero-order valence-electron chi connectivity index (χ0n) is 14.3. The van der Waals surface area contributed by atoms with Crippen molar-refractivity contribution in [1.82, 2.24) is 14.8 Å². The van der Waals surface area contributed by atoms with Crippen molar-refractivity contribution in [2.45, 2.75) is 5.54 Å². The molecule has 4 rings (SSSR count). The lowest BCUT2D eigenvalue weighted by Gasteiger charge is -2.33. The van der Waals surface area contributed by atoms with Gasteiger partial charge in [-0.15, -0.1) is 0 Å².